The van der Waals surface area contributed by atoms with E-state index in [9.17, 15) is 0 Å². The maximum absolute atomic E-state index is 6.06. The molecule has 0 aliphatic heterocycles. The van der Waals surface area contributed by atoms with Crippen molar-refractivity contribution < 1.29 is 0 Å². The Morgan fingerprint density at radius 3 is 2.67 bits per heavy atom. The number of nitrogens with two attached hydrogens (primary N) is 1. The van der Waals surface area contributed by atoms with Gasteiger partial charge in [-0.15, -0.1) is 0 Å². The number of hydrogen-bond acceptors (Lipinski definition) is 3. The monoisotopic (exact) mass is 301 g/mol. The summed E-state index contributed by atoms with van der Waals surface area (Å²) >= 11 is 17.8. The van der Waals surface area contributed by atoms with Crippen LogP contribution < -0.4 is 11.1 Å². The van der Waals surface area contributed by atoms with Gasteiger partial charge in [0.1, 0.15) is 5.15 Å². The van der Waals surface area contributed by atoms with Crippen molar-refractivity contribution in [1.82, 2.24) is 4.98 Å². The minimum absolute atomic E-state index is 0.379. The van der Waals surface area contributed by atoms with Crippen LogP contribution in [0.1, 0.15) is 5.56 Å². The van der Waals surface area contributed by atoms with Gasteiger partial charge in [-0.3, -0.25) is 0 Å². The lowest BCUT2D eigenvalue weighted by molar-refractivity contribution is 1.11. The lowest BCUT2D eigenvalue weighted by atomic mass is 10.2. The Kier molecular flexibility index (Phi) is 4.17. The van der Waals surface area contributed by atoms with Gasteiger partial charge in [-0.25, -0.2) is 4.98 Å². The predicted molar refractivity (Wildman–Crippen MR) is 77.4 cm³/mol. The van der Waals surface area contributed by atoms with E-state index in [2.05, 4.69) is 10.3 Å². The molecule has 18 heavy (non-hydrogen) atoms. The predicted octanol–water partition coefficient (Wildman–Crippen LogP) is 4.24. The van der Waals surface area contributed by atoms with Crippen molar-refractivity contribution in [2.24, 2.45) is 0 Å². The van der Waals surface area contributed by atoms with E-state index in [-0.39, 0.29) is 0 Å². The van der Waals surface area contributed by atoms with Gasteiger partial charge in [0, 0.05) is 16.6 Å². The highest BCUT2D eigenvalue weighted by Crippen LogP contribution is 2.23. The van der Waals surface area contributed by atoms with Crippen LogP contribution in [-0.4, -0.2) is 4.98 Å². The molecule has 2 aromatic rings. The summed E-state index contributed by atoms with van der Waals surface area (Å²) in [6, 6.07) is 8.60. The van der Waals surface area contributed by atoms with E-state index in [1.54, 1.807) is 30.3 Å². The molecule has 1 heterocycles. The number of rotatable bonds is 3. The van der Waals surface area contributed by atoms with E-state index in [1.807, 2.05) is 0 Å². The molecule has 0 atom stereocenters. The minimum Gasteiger partial charge on any atom is -0.396 e. The molecule has 0 saturated carbocycles. The van der Waals surface area contributed by atoms with Crippen LogP contribution in [0, 0.1) is 0 Å². The Balaban J connectivity index is 2.16. The number of halogens is 3. The van der Waals surface area contributed by atoms with Gasteiger partial charge in [0.15, 0.2) is 5.82 Å². The third kappa shape index (κ3) is 3.19. The average molecular weight is 303 g/mol. The molecule has 0 fully saturated rings. The van der Waals surface area contributed by atoms with Crippen molar-refractivity contribution in [3.63, 3.8) is 0 Å². The van der Waals surface area contributed by atoms with E-state index in [1.165, 1.54) is 0 Å². The summed E-state index contributed by atoms with van der Waals surface area (Å²) in [7, 11) is 0. The molecule has 6 heteroatoms. The number of benzene rings is 1. The second-order valence-electron chi connectivity index (χ2n) is 3.66. The third-order valence-corrected chi connectivity index (χ3v) is 3.16. The summed E-state index contributed by atoms with van der Waals surface area (Å²) < 4.78 is 0. The van der Waals surface area contributed by atoms with Crippen LogP contribution in [0.5, 0.6) is 0 Å². The Morgan fingerprint density at radius 1 is 1.11 bits per heavy atom. The summed E-state index contributed by atoms with van der Waals surface area (Å²) in [6.07, 6.45) is 0. The Bertz CT molecular complexity index is 521. The third-order valence-electron chi connectivity index (χ3n) is 2.35. The maximum atomic E-state index is 6.06. The van der Waals surface area contributed by atoms with E-state index < -0.39 is 0 Å². The number of nitrogen functional groups attached to an aromatic ring is 1. The number of nitrogens with one attached hydrogen (secondary N) is 1. The molecular formula is C12H10Cl3N3. The molecule has 0 bridgehead atoms. The van der Waals surface area contributed by atoms with Gasteiger partial charge < -0.3 is 11.1 Å². The summed E-state index contributed by atoms with van der Waals surface area (Å²) in [6.45, 7) is 0.469. The Labute approximate surface area is 120 Å². The van der Waals surface area contributed by atoms with Crippen LogP contribution in [0.2, 0.25) is 15.2 Å². The number of pyridine rings is 1. The SMILES string of the molecule is Nc1ccc(Cl)nc1NCc1cc(Cl)ccc1Cl. The first-order valence-corrected chi connectivity index (χ1v) is 6.29. The first-order valence-electron chi connectivity index (χ1n) is 5.16. The van der Waals surface area contributed by atoms with Gasteiger partial charge in [0.25, 0.3) is 0 Å². The molecule has 0 aliphatic rings. The summed E-state index contributed by atoms with van der Waals surface area (Å²) in [5.74, 6) is 0.526. The van der Waals surface area contributed by atoms with Crippen molar-refractivity contribution >= 4 is 46.3 Å². The quantitative estimate of drug-likeness (QED) is 0.834. The van der Waals surface area contributed by atoms with Gasteiger partial charge in [-0.1, -0.05) is 34.8 Å². The highest BCUT2D eigenvalue weighted by atomic mass is 35.5. The van der Waals surface area contributed by atoms with Crippen molar-refractivity contribution in [3.8, 4) is 0 Å². The zero-order valence-electron chi connectivity index (χ0n) is 9.25. The first kappa shape index (κ1) is 13.3. The number of anilines is 2. The lowest BCUT2D eigenvalue weighted by Crippen LogP contribution is -2.05. The zero-order chi connectivity index (χ0) is 13.1. The highest BCUT2D eigenvalue weighted by Gasteiger charge is 2.05. The van der Waals surface area contributed by atoms with Crippen LogP contribution in [0.15, 0.2) is 30.3 Å². The smallest absolute Gasteiger partial charge is 0.151 e. The lowest BCUT2D eigenvalue weighted by Gasteiger charge is -2.10. The molecule has 0 spiro atoms. The highest BCUT2D eigenvalue weighted by molar-refractivity contribution is 6.33. The average Bonchev–Trinajstić information content (AvgIpc) is 2.34. The largest absolute Gasteiger partial charge is 0.396 e. The van der Waals surface area contributed by atoms with Crippen molar-refractivity contribution in [2.75, 3.05) is 11.1 Å². The molecule has 1 aromatic heterocycles. The second-order valence-corrected chi connectivity index (χ2v) is 4.89. The van der Waals surface area contributed by atoms with Gasteiger partial charge in [0.2, 0.25) is 0 Å². The minimum atomic E-state index is 0.379. The fraction of sp³-hybridized carbons (Fsp3) is 0.0833. The van der Waals surface area contributed by atoms with Crippen LogP contribution in [0.3, 0.4) is 0 Å². The molecule has 94 valence electrons. The molecule has 3 nitrogen and oxygen atoms in total. The van der Waals surface area contributed by atoms with Crippen LogP contribution in [-0.2, 0) is 6.54 Å². The summed E-state index contributed by atoms with van der Waals surface area (Å²) in [5, 5.41) is 4.71. The summed E-state index contributed by atoms with van der Waals surface area (Å²) in [4.78, 5) is 4.09. The molecule has 0 amide bonds. The van der Waals surface area contributed by atoms with Gasteiger partial charge in [-0.05, 0) is 35.9 Å². The van der Waals surface area contributed by atoms with Crippen molar-refractivity contribution in [2.45, 2.75) is 6.54 Å². The van der Waals surface area contributed by atoms with Crippen LogP contribution in [0.4, 0.5) is 11.5 Å². The molecule has 0 saturated heterocycles. The molecule has 0 radical (unpaired) electrons. The molecule has 3 N–H and O–H groups in total. The molecule has 2 rings (SSSR count). The molecule has 1 aromatic carbocycles. The molecule has 0 aliphatic carbocycles. The normalized spacial score (nSPS) is 10.4. The van der Waals surface area contributed by atoms with Gasteiger partial charge >= 0.3 is 0 Å². The summed E-state index contributed by atoms with van der Waals surface area (Å²) in [5.41, 5.74) is 7.17. The Morgan fingerprint density at radius 2 is 1.89 bits per heavy atom. The zero-order valence-corrected chi connectivity index (χ0v) is 11.5. The Hall–Kier alpha value is -1.16. The van der Waals surface area contributed by atoms with E-state index in [0.29, 0.717) is 33.2 Å². The van der Waals surface area contributed by atoms with E-state index >= 15 is 0 Å². The standard InChI is InChI=1S/C12H10Cl3N3/c13-8-1-2-9(14)7(5-8)6-17-12-10(16)3-4-11(15)18-12/h1-5H,6,16H2,(H,17,18). The number of aromatic nitrogens is 1. The maximum Gasteiger partial charge on any atom is 0.151 e. The second kappa shape index (κ2) is 5.65. The molecule has 0 unspecified atom stereocenters. The fourth-order valence-corrected chi connectivity index (χ4v) is 1.97. The van der Waals surface area contributed by atoms with Crippen LogP contribution in [0.25, 0.3) is 0 Å². The van der Waals surface area contributed by atoms with Gasteiger partial charge in [0.05, 0.1) is 5.69 Å². The fourth-order valence-electron chi connectivity index (χ4n) is 1.45. The van der Waals surface area contributed by atoms with E-state index in [4.69, 9.17) is 40.5 Å². The van der Waals surface area contributed by atoms with Crippen LogP contribution >= 0.6 is 34.8 Å². The van der Waals surface area contributed by atoms with Crippen molar-refractivity contribution in [3.05, 3.63) is 51.1 Å². The number of nitrogens with zero attached hydrogens (tertiary/aromatic N) is 1. The van der Waals surface area contributed by atoms with Crippen molar-refractivity contribution in [1.29, 1.82) is 0 Å². The van der Waals surface area contributed by atoms with Gasteiger partial charge in [-0.2, -0.15) is 0 Å². The van der Waals surface area contributed by atoms with E-state index in [0.717, 1.165) is 5.56 Å². The number of hydrogen-bond donors (Lipinski definition) is 2. The molecular weight excluding hydrogens is 293 g/mol. The first-order chi connectivity index (χ1) is 8.56. The topological polar surface area (TPSA) is 50.9 Å².